The predicted molar refractivity (Wildman–Crippen MR) is 116 cm³/mol. The highest BCUT2D eigenvalue weighted by Crippen LogP contribution is 2.19. The molecule has 10 heteroatoms. The van der Waals surface area contributed by atoms with Crippen LogP contribution in [0.1, 0.15) is 24.0 Å². The Balaban J connectivity index is 1.66. The molecule has 0 saturated carbocycles. The first-order valence-corrected chi connectivity index (χ1v) is 11.2. The maximum atomic E-state index is 11.4. The summed E-state index contributed by atoms with van der Waals surface area (Å²) in [5.41, 5.74) is -0.429. The third-order valence-corrected chi connectivity index (χ3v) is 5.50. The Kier molecular flexibility index (Phi) is 7.16. The molecule has 0 radical (unpaired) electrons. The van der Waals surface area contributed by atoms with Crippen LogP contribution in [0, 0.1) is 0 Å². The van der Waals surface area contributed by atoms with Crippen LogP contribution in [0.5, 0.6) is 0 Å². The van der Waals surface area contributed by atoms with Crippen LogP contribution < -0.4 is 15.8 Å². The summed E-state index contributed by atoms with van der Waals surface area (Å²) in [6.07, 6.45) is 3.78. The molecule has 0 aliphatic rings. The highest BCUT2D eigenvalue weighted by atomic mass is 32.2. The van der Waals surface area contributed by atoms with E-state index >= 15 is 0 Å². The maximum Gasteiger partial charge on any atom is 0.238 e. The number of primary sulfonamides is 1. The lowest BCUT2D eigenvalue weighted by Gasteiger charge is -2.23. The van der Waals surface area contributed by atoms with Crippen molar-refractivity contribution in [3.8, 4) is 0 Å². The van der Waals surface area contributed by atoms with Gasteiger partial charge in [0.15, 0.2) is 5.96 Å². The largest absolute Gasteiger partial charge is 0.469 e. The smallest absolute Gasteiger partial charge is 0.238 e. The predicted octanol–water partition coefficient (Wildman–Crippen LogP) is 1.71. The van der Waals surface area contributed by atoms with E-state index in [2.05, 4.69) is 15.6 Å². The molecule has 9 nitrogen and oxygen atoms in total. The fraction of sp³-hybridized carbons (Fsp3) is 0.286. The number of furan rings is 2. The molecule has 3 aromatic rings. The summed E-state index contributed by atoms with van der Waals surface area (Å²) in [4.78, 5) is 4.58. The van der Waals surface area contributed by atoms with Crippen molar-refractivity contribution < 1.29 is 22.4 Å². The number of aliphatic hydroxyl groups is 1. The third kappa shape index (κ3) is 6.71. The molecule has 1 unspecified atom stereocenters. The minimum Gasteiger partial charge on any atom is -0.469 e. The molecule has 0 saturated heterocycles. The molecule has 0 fully saturated rings. The van der Waals surface area contributed by atoms with E-state index in [0.29, 0.717) is 31.2 Å². The molecule has 0 spiro atoms. The third-order valence-electron chi connectivity index (χ3n) is 4.57. The number of benzene rings is 1. The van der Waals surface area contributed by atoms with Gasteiger partial charge in [-0.3, -0.25) is 0 Å². The van der Waals surface area contributed by atoms with Crippen molar-refractivity contribution in [2.24, 2.45) is 10.1 Å². The van der Waals surface area contributed by atoms with Gasteiger partial charge >= 0.3 is 0 Å². The molecule has 0 aliphatic carbocycles. The van der Waals surface area contributed by atoms with E-state index < -0.39 is 15.6 Å². The Labute approximate surface area is 181 Å². The van der Waals surface area contributed by atoms with E-state index in [9.17, 15) is 13.5 Å². The van der Waals surface area contributed by atoms with Crippen LogP contribution >= 0.6 is 0 Å². The van der Waals surface area contributed by atoms with E-state index in [-0.39, 0.29) is 11.4 Å². The number of nitrogens with two attached hydrogens (primary N) is 1. The Morgan fingerprint density at radius 1 is 1.10 bits per heavy atom. The lowest BCUT2D eigenvalue weighted by Crippen LogP contribution is -2.45. The summed E-state index contributed by atoms with van der Waals surface area (Å²) < 4.78 is 33.4. The zero-order chi connectivity index (χ0) is 22.3. The molecule has 31 heavy (non-hydrogen) atoms. The van der Waals surface area contributed by atoms with Crippen molar-refractivity contribution in [1.82, 2.24) is 10.6 Å². The topological polar surface area (TPSA) is 143 Å². The number of nitrogens with one attached hydrogen (secondary N) is 2. The van der Waals surface area contributed by atoms with E-state index in [0.717, 1.165) is 11.3 Å². The lowest BCUT2D eigenvalue weighted by molar-refractivity contribution is 0.0386. The molecule has 3 rings (SSSR count). The van der Waals surface area contributed by atoms with Gasteiger partial charge in [0.25, 0.3) is 0 Å². The number of nitrogens with zero attached hydrogens (tertiary/aromatic N) is 1. The van der Waals surface area contributed by atoms with Crippen LogP contribution in [-0.2, 0) is 28.6 Å². The van der Waals surface area contributed by atoms with Gasteiger partial charge < -0.3 is 24.6 Å². The Morgan fingerprint density at radius 3 is 2.42 bits per heavy atom. The summed E-state index contributed by atoms with van der Waals surface area (Å²) in [5, 5.41) is 22.1. The molecule has 0 aliphatic heterocycles. The van der Waals surface area contributed by atoms with Crippen molar-refractivity contribution in [3.05, 3.63) is 78.1 Å². The average molecular weight is 447 g/mol. The first-order chi connectivity index (χ1) is 14.7. The zero-order valence-electron chi connectivity index (χ0n) is 17.1. The SMILES string of the molecule is CC(O)(CNC(=NCc1ccc(S(N)(=O)=O)cc1)NCCc1ccco1)c1ccco1. The quantitative estimate of drug-likeness (QED) is 0.289. The second-order valence-electron chi connectivity index (χ2n) is 7.21. The van der Waals surface area contributed by atoms with Crippen LogP contribution in [0.3, 0.4) is 0 Å². The number of rotatable bonds is 9. The van der Waals surface area contributed by atoms with Crippen LogP contribution in [0.4, 0.5) is 0 Å². The van der Waals surface area contributed by atoms with Crippen molar-refractivity contribution >= 4 is 16.0 Å². The molecule has 5 N–H and O–H groups in total. The highest BCUT2D eigenvalue weighted by molar-refractivity contribution is 7.89. The second kappa shape index (κ2) is 9.82. The van der Waals surface area contributed by atoms with Gasteiger partial charge in [0, 0.05) is 13.0 Å². The maximum absolute atomic E-state index is 11.4. The molecule has 0 bridgehead atoms. The second-order valence-corrected chi connectivity index (χ2v) is 8.78. The van der Waals surface area contributed by atoms with Crippen molar-refractivity contribution in [3.63, 3.8) is 0 Å². The van der Waals surface area contributed by atoms with Crippen LogP contribution in [-0.4, -0.2) is 32.6 Å². The van der Waals surface area contributed by atoms with E-state index in [1.807, 2.05) is 12.1 Å². The Hall–Kier alpha value is -3.08. The van der Waals surface area contributed by atoms with Gasteiger partial charge in [0.05, 0.1) is 30.5 Å². The number of hydrogen-bond acceptors (Lipinski definition) is 6. The minimum absolute atomic E-state index is 0.0460. The molecular formula is C21H26N4O5S. The summed E-state index contributed by atoms with van der Waals surface area (Å²) >= 11 is 0. The number of hydrogen-bond donors (Lipinski definition) is 4. The summed E-state index contributed by atoms with van der Waals surface area (Å²) in [6, 6.07) is 13.3. The number of sulfonamides is 1. The number of guanidine groups is 1. The van der Waals surface area contributed by atoms with Gasteiger partial charge in [0.2, 0.25) is 10.0 Å². The van der Waals surface area contributed by atoms with Gasteiger partial charge in [-0.05, 0) is 48.9 Å². The summed E-state index contributed by atoms with van der Waals surface area (Å²) in [5.74, 6) is 1.76. The van der Waals surface area contributed by atoms with Gasteiger partial charge in [-0.2, -0.15) is 0 Å². The van der Waals surface area contributed by atoms with Crippen LogP contribution in [0.2, 0.25) is 0 Å². The number of aliphatic imine (C=N–C) groups is 1. The summed E-state index contributed by atoms with van der Waals surface area (Å²) in [7, 11) is -3.74. The Morgan fingerprint density at radius 2 is 1.81 bits per heavy atom. The molecular weight excluding hydrogens is 420 g/mol. The van der Waals surface area contributed by atoms with Gasteiger partial charge in [-0.15, -0.1) is 0 Å². The molecule has 2 aromatic heterocycles. The molecule has 166 valence electrons. The van der Waals surface area contributed by atoms with Crippen molar-refractivity contribution in [2.75, 3.05) is 13.1 Å². The van der Waals surface area contributed by atoms with E-state index in [4.69, 9.17) is 14.0 Å². The standard InChI is InChI=1S/C21H26N4O5S/c1-21(26,19-5-3-13-30-19)15-25-20(23-11-10-17-4-2-12-29-17)24-14-16-6-8-18(9-7-16)31(22,27)28/h2-9,12-13,26H,10-11,14-15H2,1H3,(H2,22,27,28)(H2,23,24,25). The van der Waals surface area contributed by atoms with Gasteiger partial charge in [-0.25, -0.2) is 18.5 Å². The van der Waals surface area contributed by atoms with Crippen LogP contribution in [0.25, 0.3) is 0 Å². The van der Waals surface area contributed by atoms with E-state index in [1.54, 1.807) is 37.5 Å². The fourth-order valence-electron chi connectivity index (χ4n) is 2.82. The van der Waals surface area contributed by atoms with Gasteiger partial charge in [0.1, 0.15) is 17.1 Å². The zero-order valence-corrected chi connectivity index (χ0v) is 17.9. The highest BCUT2D eigenvalue weighted by Gasteiger charge is 2.26. The van der Waals surface area contributed by atoms with E-state index in [1.165, 1.54) is 18.4 Å². The lowest BCUT2D eigenvalue weighted by atomic mass is 10.0. The monoisotopic (exact) mass is 446 g/mol. The Bertz CT molecular complexity index is 1070. The normalized spacial score (nSPS) is 14.2. The molecule has 1 atom stereocenters. The minimum atomic E-state index is -3.74. The first kappa shape index (κ1) is 22.6. The molecule has 1 aromatic carbocycles. The summed E-state index contributed by atoms with van der Waals surface area (Å²) in [6.45, 7) is 2.67. The first-order valence-electron chi connectivity index (χ1n) is 9.67. The fourth-order valence-corrected chi connectivity index (χ4v) is 3.33. The average Bonchev–Trinajstić information content (AvgIpc) is 3.44. The molecule has 2 heterocycles. The molecule has 0 amide bonds. The van der Waals surface area contributed by atoms with Gasteiger partial charge in [-0.1, -0.05) is 12.1 Å². The van der Waals surface area contributed by atoms with Crippen molar-refractivity contribution in [1.29, 1.82) is 0 Å². The van der Waals surface area contributed by atoms with Crippen LogP contribution in [0.15, 0.2) is 79.8 Å². The van der Waals surface area contributed by atoms with Crippen molar-refractivity contribution in [2.45, 2.75) is 30.4 Å².